The second-order valence-corrected chi connectivity index (χ2v) is 4.62. The Hall–Kier alpha value is -1.85. The Morgan fingerprint density at radius 1 is 1.37 bits per heavy atom. The first kappa shape index (κ1) is 15.2. The van der Waals surface area contributed by atoms with Crippen LogP contribution in [0.1, 0.15) is 19.2 Å². The van der Waals surface area contributed by atoms with Gasteiger partial charge in [0.05, 0.1) is 6.54 Å². The minimum Gasteiger partial charge on any atom is -0.373 e. The predicted molar refractivity (Wildman–Crippen MR) is 77.5 cm³/mol. The minimum absolute atomic E-state index is 0.0655. The van der Waals surface area contributed by atoms with Gasteiger partial charge >= 0.3 is 0 Å². The third-order valence-corrected chi connectivity index (χ3v) is 2.72. The van der Waals surface area contributed by atoms with Crippen molar-refractivity contribution in [3.63, 3.8) is 0 Å². The second-order valence-electron chi connectivity index (χ2n) is 4.62. The quantitative estimate of drug-likeness (QED) is 0.835. The van der Waals surface area contributed by atoms with Gasteiger partial charge in [-0.2, -0.15) is 0 Å². The van der Waals surface area contributed by atoms with E-state index < -0.39 is 0 Å². The van der Waals surface area contributed by atoms with Gasteiger partial charge in [0.1, 0.15) is 17.5 Å². The van der Waals surface area contributed by atoms with Crippen LogP contribution in [0.25, 0.3) is 0 Å². The van der Waals surface area contributed by atoms with Gasteiger partial charge in [-0.3, -0.25) is 4.79 Å². The predicted octanol–water partition coefficient (Wildman–Crippen LogP) is 1.13. The van der Waals surface area contributed by atoms with Crippen molar-refractivity contribution in [2.24, 2.45) is 0 Å². The third kappa shape index (κ3) is 4.39. The molecule has 1 N–H and O–H groups in total. The fraction of sp³-hybridized carbons (Fsp3) is 0.615. The molecule has 106 valence electrons. The van der Waals surface area contributed by atoms with Crippen LogP contribution in [-0.4, -0.2) is 55.0 Å². The van der Waals surface area contributed by atoms with E-state index in [-0.39, 0.29) is 5.91 Å². The Morgan fingerprint density at radius 2 is 2.05 bits per heavy atom. The molecule has 0 saturated carbocycles. The summed E-state index contributed by atoms with van der Waals surface area (Å²) in [5.74, 6) is 2.31. The van der Waals surface area contributed by atoms with Gasteiger partial charge in [-0.05, 0) is 13.3 Å². The van der Waals surface area contributed by atoms with Crippen LogP contribution in [0.3, 0.4) is 0 Å². The Bertz CT molecular complexity index is 433. The molecule has 0 aliphatic rings. The van der Waals surface area contributed by atoms with E-state index in [0.717, 1.165) is 24.6 Å². The van der Waals surface area contributed by atoms with E-state index in [2.05, 4.69) is 22.2 Å². The maximum absolute atomic E-state index is 11.9. The van der Waals surface area contributed by atoms with Crippen LogP contribution < -0.4 is 10.2 Å². The fourth-order valence-electron chi connectivity index (χ4n) is 1.69. The van der Waals surface area contributed by atoms with Crippen molar-refractivity contribution in [2.45, 2.75) is 20.3 Å². The number of hydrogen-bond acceptors (Lipinski definition) is 5. The first-order chi connectivity index (χ1) is 8.97. The molecule has 0 aliphatic carbocycles. The third-order valence-electron chi connectivity index (χ3n) is 2.72. The standard InChI is InChI=1S/C13H23N5O/c1-6-7-18(9-13(19)17(4)5)12-8-11(14-3)15-10(2)16-12/h8H,6-7,9H2,1-5H3,(H,14,15,16). The lowest BCUT2D eigenvalue weighted by molar-refractivity contribution is -0.127. The molecule has 0 fully saturated rings. The average Bonchev–Trinajstić information content (AvgIpc) is 2.37. The van der Waals surface area contributed by atoms with Gasteiger partial charge in [-0.1, -0.05) is 6.92 Å². The van der Waals surface area contributed by atoms with Gasteiger partial charge in [0.25, 0.3) is 0 Å². The van der Waals surface area contributed by atoms with Gasteiger partial charge < -0.3 is 15.1 Å². The number of aryl methyl sites for hydroxylation is 1. The summed E-state index contributed by atoms with van der Waals surface area (Å²) in [6.07, 6.45) is 0.957. The second kappa shape index (κ2) is 6.92. The SMILES string of the molecule is CCCN(CC(=O)N(C)C)c1cc(NC)nc(C)n1. The number of likely N-dealkylation sites (N-methyl/N-ethyl adjacent to an activating group) is 1. The number of nitrogens with zero attached hydrogens (tertiary/aromatic N) is 4. The molecule has 0 atom stereocenters. The molecule has 0 saturated heterocycles. The number of anilines is 2. The molecule has 0 aromatic carbocycles. The molecule has 0 unspecified atom stereocenters. The molecular weight excluding hydrogens is 242 g/mol. The Balaban J connectivity index is 2.97. The maximum Gasteiger partial charge on any atom is 0.241 e. The summed E-state index contributed by atoms with van der Waals surface area (Å²) >= 11 is 0. The molecule has 0 aliphatic heterocycles. The van der Waals surface area contributed by atoms with Crippen molar-refractivity contribution in [1.29, 1.82) is 0 Å². The van der Waals surface area contributed by atoms with Crippen molar-refractivity contribution < 1.29 is 4.79 Å². The van der Waals surface area contributed by atoms with Crippen LogP contribution >= 0.6 is 0 Å². The molecule has 1 aromatic heterocycles. The molecule has 1 rings (SSSR count). The molecule has 19 heavy (non-hydrogen) atoms. The largest absolute Gasteiger partial charge is 0.373 e. The topological polar surface area (TPSA) is 61.4 Å². The number of aromatic nitrogens is 2. The van der Waals surface area contributed by atoms with Crippen molar-refractivity contribution in [3.05, 3.63) is 11.9 Å². The summed E-state index contributed by atoms with van der Waals surface area (Å²) in [4.78, 5) is 24.1. The highest BCUT2D eigenvalue weighted by atomic mass is 16.2. The molecule has 0 radical (unpaired) electrons. The van der Waals surface area contributed by atoms with E-state index >= 15 is 0 Å². The number of amides is 1. The molecule has 0 spiro atoms. The van der Waals surface area contributed by atoms with E-state index in [4.69, 9.17) is 0 Å². The van der Waals surface area contributed by atoms with Crippen LogP contribution in [0.15, 0.2) is 6.07 Å². The smallest absolute Gasteiger partial charge is 0.241 e. The van der Waals surface area contributed by atoms with Crippen molar-refractivity contribution >= 4 is 17.5 Å². The average molecular weight is 265 g/mol. The van der Waals surface area contributed by atoms with Crippen LogP contribution in [-0.2, 0) is 4.79 Å². The highest BCUT2D eigenvalue weighted by molar-refractivity contribution is 5.80. The highest BCUT2D eigenvalue weighted by Gasteiger charge is 2.14. The van der Waals surface area contributed by atoms with E-state index in [9.17, 15) is 4.79 Å². The first-order valence-electron chi connectivity index (χ1n) is 6.46. The molecule has 1 heterocycles. The summed E-state index contributed by atoms with van der Waals surface area (Å²) in [5.41, 5.74) is 0. The summed E-state index contributed by atoms with van der Waals surface area (Å²) in [6, 6.07) is 1.87. The summed E-state index contributed by atoms with van der Waals surface area (Å²) in [6.45, 7) is 5.06. The molecule has 1 amide bonds. The lowest BCUT2D eigenvalue weighted by Crippen LogP contribution is -2.37. The van der Waals surface area contributed by atoms with Crippen LogP contribution in [0, 0.1) is 6.92 Å². The van der Waals surface area contributed by atoms with Crippen LogP contribution in [0.5, 0.6) is 0 Å². The van der Waals surface area contributed by atoms with Gasteiger partial charge in [-0.25, -0.2) is 9.97 Å². The summed E-state index contributed by atoms with van der Waals surface area (Å²) in [7, 11) is 5.34. The monoisotopic (exact) mass is 265 g/mol. The Kier molecular flexibility index (Phi) is 5.54. The number of nitrogens with one attached hydrogen (secondary N) is 1. The van der Waals surface area contributed by atoms with Gasteiger partial charge in [-0.15, -0.1) is 0 Å². The minimum atomic E-state index is 0.0655. The lowest BCUT2D eigenvalue weighted by Gasteiger charge is -2.24. The summed E-state index contributed by atoms with van der Waals surface area (Å²) in [5, 5.41) is 3.01. The van der Waals surface area contributed by atoms with Crippen LogP contribution in [0.2, 0.25) is 0 Å². The van der Waals surface area contributed by atoms with E-state index in [1.807, 2.05) is 24.9 Å². The number of rotatable bonds is 6. The zero-order chi connectivity index (χ0) is 14.4. The number of carbonyl (C=O) groups excluding carboxylic acids is 1. The van der Waals surface area contributed by atoms with Crippen molar-refractivity contribution in [1.82, 2.24) is 14.9 Å². The zero-order valence-corrected chi connectivity index (χ0v) is 12.4. The van der Waals surface area contributed by atoms with Gasteiger partial charge in [0.15, 0.2) is 0 Å². The van der Waals surface area contributed by atoms with Crippen molar-refractivity contribution in [3.8, 4) is 0 Å². The van der Waals surface area contributed by atoms with Gasteiger partial charge in [0.2, 0.25) is 5.91 Å². The summed E-state index contributed by atoms with van der Waals surface area (Å²) < 4.78 is 0. The molecular formula is C13H23N5O. The Morgan fingerprint density at radius 3 is 2.58 bits per heavy atom. The van der Waals surface area contributed by atoms with Crippen LogP contribution in [0.4, 0.5) is 11.6 Å². The van der Waals surface area contributed by atoms with E-state index in [0.29, 0.717) is 12.4 Å². The number of hydrogen-bond donors (Lipinski definition) is 1. The molecule has 1 aromatic rings. The lowest BCUT2D eigenvalue weighted by atomic mass is 10.3. The van der Waals surface area contributed by atoms with Gasteiger partial charge in [0, 0.05) is 33.8 Å². The number of carbonyl (C=O) groups is 1. The Labute approximate surface area is 114 Å². The van der Waals surface area contributed by atoms with Crippen molar-refractivity contribution in [2.75, 3.05) is 44.4 Å². The fourth-order valence-corrected chi connectivity index (χ4v) is 1.69. The van der Waals surface area contributed by atoms with E-state index in [1.165, 1.54) is 0 Å². The zero-order valence-electron chi connectivity index (χ0n) is 12.4. The maximum atomic E-state index is 11.9. The van der Waals surface area contributed by atoms with E-state index in [1.54, 1.807) is 19.0 Å². The normalized spacial score (nSPS) is 10.2. The molecule has 6 nitrogen and oxygen atoms in total. The molecule has 6 heteroatoms. The highest BCUT2D eigenvalue weighted by Crippen LogP contribution is 2.16. The first-order valence-corrected chi connectivity index (χ1v) is 6.46. The molecule has 0 bridgehead atoms.